The van der Waals surface area contributed by atoms with Crippen LogP contribution in [-0.2, 0) is 4.79 Å². The van der Waals surface area contributed by atoms with E-state index in [0.29, 0.717) is 5.13 Å². The fourth-order valence-electron chi connectivity index (χ4n) is 1.09. The Morgan fingerprint density at radius 2 is 2.17 bits per heavy atom. The Morgan fingerprint density at radius 1 is 1.50 bits per heavy atom. The molecule has 100 valence electrons. The number of aromatic nitrogens is 1. The molecule has 1 atom stereocenters. The first-order valence-corrected chi connectivity index (χ1v) is 6.18. The number of aliphatic carboxylic acids is 1. The van der Waals surface area contributed by atoms with Crippen molar-refractivity contribution in [2.24, 2.45) is 0 Å². The number of thiazole rings is 1. The number of aliphatic hydroxyl groups is 1. The minimum atomic E-state index is -1.32. The van der Waals surface area contributed by atoms with Crippen molar-refractivity contribution in [1.82, 2.24) is 10.3 Å². The molecule has 7 nitrogen and oxygen atoms in total. The first kappa shape index (κ1) is 14.4. The highest BCUT2D eigenvalue weighted by Gasteiger charge is 2.19. The van der Waals surface area contributed by atoms with Crippen molar-refractivity contribution >= 4 is 28.5 Å². The molecule has 0 aliphatic carbocycles. The standard InChI is InChI=1S/C10H15N3O4S/c1-5(2)7-4-18-10(12-7)13-9(17)11-6(3-14)8(15)16/h4-6,14H,3H2,1-2H3,(H,15,16)(H2,11,12,13,17)/t6-/m0/s1. The number of hydrogen-bond acceptors (Lipinski definition) is 5. The molecule has 8 heteroatoms. The largest absolute Gasteiger partial charge is 0.480 e. The predicted octanol–water partition coefficient (Wildman–Crippen LogP) is 0.834. The van der Waals surface area contributed by atoms with Gasteiger partial charge in [-0.1, -0.05) is 13.8 Å². The van der Waals surface area contributed by atoms with Gasteiger partial charge in [-0.3, -0.25) is 5.32 Å². The maximum Gasteiger partial charge on any atom is 0.328 e. The van der Waals surface area contributed by atoms with Gasteiger partial charge in [0, 0.05) is 5.38 Å². The second-order valence-electron chi connectivity index (χ2n) is 3.90. The molecule has 0 spiro atoms. The number of urea groups is 1. The lowest BCUT2D eigenvalue weighted by atomic mass is 10.2. The third-order valence-corrected chi connectivity index (χ3v) is 2.90. The zero-order valence-corrected chi connectivity index (χ0v) is 10.8. The van der Waals surface area contributed by atoms with Gasteiger partial charge in [0.05, 0.1) is 12.3 Å². The van der Waals surface area contributed by atoms with Crippen molar-refractivity contribution in [3.8, 4) is 0 Å². The van der Waals surface area contributed by atoms with Crippen LogP contribution in [-0.4, -0.2) is 39.8 Å². The molecule has 0 fully saturated rings. The van der Waals surface area contributed by atoms with E-state index in [1.54, 1.807) is 0 Å². The Balaban J connectivity index is 2.56. The summed E-state index contributed by atoms with van der Waals surface area (Å²) in [6.45, 7) is 3.29. The number of amides is 2. The lowest BCUT2D eigenvalue weighted by Crippen LogP contribution is -2.45. The molecular weight excluding hydrogens is 258 g/mol. The van der Waals surface area contributed by atoms with Crippen molar-refractivity contribution in [3.63, 3.8) is 0 Å². The van der Waals surface area contributed by atoms with Crippen molar-refractivity contribution in [3.05, 3.63) is 11.1 Å². The Bertz CT molecular complexity index is 433. The summed E-state index contributed by atoms with van der Waals surface area (Å²) in [6.07, 6.45) is 0. The summed E-state index contributed by atoms with van der Waals surface area (Å²) >= 11 is 1.26. The van der Waals surface area contributed by atoms with Gasteiger partial charge in [0.1, 0.15) is 0 Å². The van der Waals surface area contributed by atoms with Crippen molar-refractivity contribution in [1.29, 1.82) is 0 Å². The predicted molar refractivity (Wildman–Crippen MR) is 66.9 cm³/mol. The monoisotopic (exact) mass is 273 g/mol. The molecule has 1 aromatic heterocycles. The average molecular weight is 273 g/mol. The van der Waals surface area contributed by atoms with Crippen LogP contribution in [0.4, 0.5) is 9.93 Å². The second-order valence-corrected chi connectivity index (χ2v) is 4.76. The average Bonchev–Trinajstić information content (AvgIpc) is 2.74. The van der Waals surface area contributed by atoms with Crippen molar-refractivity contribution in [2.75, 3.05) is 11.9 Å². The van der Waals surface area contributed by atoms with Gasteiger partial charge in [-0.2, -0.15) is 0 Å². The van der Waals surface area contributed by atoms with E-state index in [-0.39, 0.29) is 5.92 Å². The summed E-state index contributed by atoms with van der Waals surface area (Å²) in [4.78, 5) is 26.2. The fraction of sp³-hybridized carbons (Fsp3) is 0.500. The highest BCUT2D eigenvalue weighted by molar-refractivity contribution is 7.13. The number of anilines is 1. The summed E-state index contributed by atoms with van der Waals surface area (Å²) < 4.78 is 0. The number of hydrogen-bond donors (Lipinski definition) is 4. The minimum absolute atomic E-state index is 0.254. The quantitative estimate of drug-likeness (QED) is 0.635. The first-order chi connectivity index (χ1) is 8.43. The van der Waals surface area contributed by atoms with E-state index >= 15 is 0 Å². The van der Waals surface area contributed by atoms with Gasteiger partial charge < -0.3 is 15.5 Å². The van der Waals surface area contributed by atoms with Gasteiger partial charge in [0.15, 0.2) is 11.2 Å². The van der Waals surface area contributed by atoms with Crippen molar-refractivity contribution < 1.29 is 19.8 Å². The molecule has 0 saturated carbocycles. The zero-order chi connectivity index (χ0) is 13.7. The molecule has 0 aliphatic rings. The molecule has 1 heterocycles. The number of carboxylic acid groups (broad SMARTS) is 1. The lowest BCUT2D eigenvalue weighted by molar-refractivity contribution is -0.140. The van der Waals surface area contributed by atoms with Crippen LogP contribution in [0.25, 0.3) is 0 Å². The van der Waals surface area contributed by atoms with E-state index in [0.717, 1.165) is 5.69 Å². The smallest absolute Gasteiger partial charge is 0.328 e. The van der Waals surface area contributed by atoms with Gasteiger partial charge in [-0.25, -0.2) is 14.6 Å². The number of nitrogens with zero attached hydrogens (tertiary/aromatic N) is 1. The van der Waals surface area contributed by atoms with Gasteiger partial charge in [-0.15, -0.1) is 11.3 Å². The molecule has 0 unspecified atom stereocenters. The van der Waals surface area contributed by atoms with Gasteiger partial charge in [0.2, 0.25) is 0 Å². The molecule has 18 heavy (non-hydrogen) atoms. The van der Waals surface area contributed by atoms with Crippen LogP contribution < -0.4 is 10.6 Å². The third-order valence-electron chi connectivity index (χ3n) is 2.12. The SMILES string of the molecule is CC(C)c1csc(NC(=O)N[C@@H](CO)C(=O)O)n1. The molecular formula is C10H15N3O4S. The minimum Gasteiger partial charge on any atom is -0.480 e. The van der Waals surface area contributed by atoms with Gasteiger partial charge in [-0.05, 0) is 5.92 Å². The lowest BCUT2D eigenvalue weighted by Gasteiger charge is -2.11. The summed E-state index contributed by atoms with van der Waals surface area (Å²) in [5.74, 6) is -1.04. The van der Waals surface area contributed by atoms with Gasteiger partial charge in [0.25, 0.3) is 0 Å². The number of aliphatic hydroxyl groups excluding tert-OH is 1. The number of carbonyl (C=O) groups is 2. The summed E-state index contributed by atoms with van der Waals surface area (Å²) in [6, 6.07) is -2.03. The number of carbonyl (C=O) groups excluding carboxylic acids is 1. The van der Waals surface area contributed by atoms with E-state index in [4.69, 9.17) is 10.2 Å². The molecule has 0 saturated heterocycles. The summed E-state index contributed by atoms with van der Waals surface area (Å²) in [5.41, 5.74) is 0.854. The summed E-state index contributed by atoms with van der Waals surface area (Å²) in [5, 5.41) is 24.1. The zero-order valence-electron chi connectivity index (χ0n) is 10.0. The maximum atomic E-state index is 11.4. The maximum absolute atomic E-state index is 11.4. The number of nitrogens with one attached hydrogen (secondary N) is 2. The first-order valence-electron chi connectivity index (χ1n) is 5.30. The topological polar surface area (TPSA) is 112 Å². The van der Waals surface area contributed by atoms with E-state index in [2.05, 4.69) is 15.6 Å². The van der Waals surface area contributed by atoms with Crippen LogP contribution in [0.1, 0.15) is 25.5 Å². The molecule has 2 amide bonds. The fourth-order valence-corrected chi connectivity index (χ4v) is 1.95. The molecule has 1 aromatic rings. The number of rotatable bonds is 5. The summed E-state index contributed by atoms with van der Waals surface area (Å²) in [7, 11) is 0. The second kappa shape index (κ2) is 6.31. The van der Waals surface area contributed by atoms with Crippen LogP contribution in [0, 0.1) is 0 Å². The number of carboxylic acids is 1. The molecule has 4 N–H and O–H groups in total. The molecule has 0 aliphatic heterocycles. The Kier molecular flexibility index (Phi) is 5.05. The van der Waals surface area contributed by atoms with E-state index in [1.807, 2.05) is 19.2 Å². The highest BCUT2D eigenvalue weighted by Crippen LogP contribution is 2.21. The van der Waals surface area contributed by atoms with Crippen LogP contribution in [0.15, 0.2) is 5.38 Å². The molecule has 0 bridgehead atoms. The third kappa shape index (κ3) is 3.97. The van der Waals surface area contributed by atoms with Crippen LogP contribution in [0.5, 0.6) is 0 Å². The Labute approximate surface area is 108 Å². The van der Waals surface area contributed by atoms with Crippen LogP contribution in [0.2, 0.25) is 0 Å². The molecule has 0 aromatic carbocycles. The van der Waals surface area contributed by atoms with E-state index < -0.39 is 24.6 Å². The molecule has 1 rings (SSSR count). The van der Waals surface area contributed by atoms with Crippen molar-refractivity contribution in [2.45, 2.75) is 25.8 Å². The van der Waals surface area contributed by atoms with E-state index in [1.165, 1.54) is 11.3 Å². The van der Waals surface area contributed by atoms with Crippen LogP contribution in [0.3, 0.4) is 0 Å². The Morgan fingerprint density at radius 3 is 2.61 bits per heavy atom. The Hall–Kier alpha value is -1.67. The van der Waals surface area contributed by atoms with Crippen LogP contribution >= 0.6 is 11.3 Å². The highest BCUT2D eigenvalue weighted by atomic mass is 32.1. The van der Waals surface area contributed by atoms with E-state index in [9.17, 15) is 9.59 Å². The normalized spacial score (nSPS) is 12.2. The van der Waals surface area contributed by atoms with Gasteiger partial charge >= 0.3 is 12.0 Å². The molecule has 0 radical (unpaired) electrons.